The molecule has 2 nitrogen and oxygen atoms in total. The average Bonchev–Trinajstić information content (AvgIpc) is 2.29. The number of rotatable bonds is 6. The van der Waals surface area contributed by atoms with Crippen LogP contribution >= 0.6 is 0 Å². The van der Waals surface area contributed by atoms with Gasteiger partial charge in [-0.15, -0.1) is 0 Å². The average molecular weight is 243 g/mol. The summed E-state index contributed by atoms with van der Waals surface area (Å²) in [5.41, 5.74) is 0.829. The molecular weight excluding hydrogens is 224 g/mol. The first-order chi connectivity index (χ1) is 7.94. The van der Waals surface area contributed by atoms with Crippen LogP contribution in [0, 0.1) is 0 Å². The number of hydrogen-bond acceptors (Lipinski definition) is 2. The van der Waals surface area contributed by atoms with Crippen LogP contribution in [0.4, 0.5) is 8.78 Å². The number of methoxy groups -OCH3 is 1. The number of benzene rings is 1. The quantitative estimate of drug-likeness (QED) is 0.828. The van der Waals surface area contributed by atoms with Gasteiger partial charge in [0.05, 0.1) is 5.60 Å². The normalized spacial score (nSPS) is 12.1. The molecule has 0 radical (unpaired) electrons. The van der Waals surface area contributed by atoms with E-state index >= 15 is 0 Å². The third-order valence-electron chi connectivity index (χ3n) is 2.66. The van der Waals surface area contributed by atoms with Crippen molar-refractivity contribution in [3.05, 3.63) is 35.4 Å². The largest absolute Gasteiger partial charge is 0.377 e. The molecule has 1 aromatic rings. The van der Waals surface area contributed by atoms with Crippen LogP contribution in [0.3, 0.4) is 0 Å². The lowest BCUT2D eigenvalue weighted by Gasteiger charge is -2.23. The van der Waals surface area contributed by atoms with E-state index in [0.717, 1.165) is 5.56 Å². The predicted octanol–water partition coefficient (Wildman–Crippen LogP) is 3.14. The van der Waals surface area contributed by atoms with E-state index < -0.39 is 6.43 Å². The molecule has 0 saturated heterocycles. The molecule has 0 heterocycles. The molecule has 0 unspecified atom stereocenters. The van der Waals surface area contributed by atoms with E-state index in [9.17, 15) is 8.78 Å². The molecule has 0 atom stereocenters. The standard InChI is InChI=1S/C13H19F2NO/c1-13(2,17-3)9-16-8-10-4-6-11(7-5-10)12(14)15/h4-7,12,16H,8-9H2,1-3H3. The lowest BCUT2D eigenvalue weighted by atomic mass is 10.1. The van der Waals surface area contributed by atoms with Crippen LogP contribution in [0.25, 0.3) is 0 Å². The molecule has 1 rings (SSSR count). The van der Waals surface area contributed by atoms with Crippen molar-refractivity contribution in [3.8, 4) is 0 Å². The highest BCUT2D eigenvalue weighted by atomic mass is 19.3. The molecule has 0 fully saturated rings. The Morgan fingerprint density at radius 2 is 1.82 bits per heavy atom. The fourth-order valence-electron chi connectivity index (χ4n) is 1.36. The fourth-order valence-corrected chi connectivity index (χ4v) is 1.36. The zero-order chi connectivity index (χ0) is 12.9. The molecule has 0 amide bonds. The van der Waals surface area contributed by atoms with Gasteiger partial charge >= 0.3 is 0 Å². The predicted molar refractivity (Wildman–Crippen MR) is 64.2 cm³/mol. The Morgan fingerprint density at radius 3 is 2.29 bits per heavy atom. The van der Waals surface area contributed by atoms with Crippen molar-refractivity contribution in [1.29, 1.82) is 0 Å². The van der Waals surface area contributed by atoms with Crippen LogP contribution in [-0.2, 0) is 11.3 Å². The summed E-state index contributed by atoms with van der Waals surface area (Å²) in [4.78, 5) is 0. The molecule has 96 valence electrons. The van der Waals surface area contributed by atoms with E-state index in [1.165, 1.54) is 12.1 Å². The van der Waals surface area contributed by atoms with Crippen molar-refractivity contribution in [2.24, 2.45) is 0 Å². The molecular formula is C13H19F2NO. The Morgan fingerprint density at radius 1 is 1.24 bits per heavy atom. The van der Waals surface area contributed by atoms with Crippen molar-refractivity contribution in [2.45, 2.75) is 32.4 Å². The fraction of sp³-hybridized carbons (Fsp3) is 0.538. The van der Waals surface area contributed by atoms with Crippen molar-refractivity contribution in [1.82, 2.24) is 5.32 Å². The summed E-state index contributed by atoms with van der Waals surface area (Å²) in [5.74, 6) is 0. The summed E-state index contributed by atoms with van der Waals surface area (Å²) in [5, 5.41) is 3.23. The first-order valence-electron chi connectivity index (χ1n) is 5.57. The number of ether oxygens (including phenoxy) is 1. The van der Waals surface area contributed by atoms with Gasteiger partial charge in [0.1, 0.15) is 0 Å². The van der Waals surface area contributed by atoms with Gasteiger partial charge in [0.15, 0.2) is 0 Å². The highest BCUT2D eigenvalue weighted by Gasteiger charge is 2.15. The number of hydrogen-bond donors (Lipinski definition) is 1. The highest BCUT2D eigenvalue weighted by Crippen LogP contribution is 2.18. The molecule has 0 saturated carbocycles. The highest BCUT2D eigenvalue weighted by molar-refractivity contribution is 5.23. The van der Waals surface area contributed by atoms with Gasteiger partial charge in [-0.25, -0.2) is 8.78 Å². The summed E-state index contributed by atoms with van der Waals surface area (Å²) in [7, 11) is 1.67. The van der Waals surface area contributed by atoms with Crippen molar-refractivity contribution >= 4 is 0 Å². The van der Waals surface area contributed by atoms with Crippen molar-refractivity contribution in [2.75, 3.05) is 13.7 Å². The minimum Gasteiger partial charge on any atom is -0.377 e. The van der Waals surface area contributed by atoms with Gasteiger partial charge in [0, 0.05) is 25.8 Å². The second kappa shape index (κ2) is 6.07. The van der Waals surface area contributed by atoms with Crippen LogP contribution < -0.4 is 5.32 Å². The lowest BCUT2D eigenvalue weighted by Crippen LogP contribution is -2.36. The summed E-state index contributed by atoms with van der Waals surface area (Å²) in [6, 6.07) is 6.36. The topological polar surface area (TPSA) is 21.3 Å². The molecule has 0 aliphatic heterocycles. The lowest BCUT2D eigenvalue weighted by molar-refractivity contribution is 0.0230. The summed E-state index contributed by atoms with van der Waals surface area (Å²) >= 11 is 0. The Bertz CT molecular complexity index is 336. The van der Waals surface area contributed by atoms with Gasteiger partial charge in [-0.2, -0.15) is 0 Å². The number of alkyl halides is 2. The number of halogens is 2. The van der Waals surface area contributed by atoms with Crippen molar-refractivity contribution < 1.29 is 13.5 Å². The van der Waals surface area contributed by atoms with Crippen molar-refractivity contribution in [3.63, 3.8) is 0 Å². The molecule has 0 aromatic heterocycles. The van der Waals surface area contributed by atoms with Gasteiger partial charge in [-0.3, -0.25) is 0 Å². The zero-order valence-corrected chi connectivity index (χ0v) is 10.5. The first-order valence-corrected chi connectivity index (χ1v) is 5.57. The van der Waals surface area contributed by atoms with Gasteiger partial charge in [0.2, 0.25) is 0 Å². The molecule has 0 spiro atoms. The molecule has 0 aliphatic rings. The second-order valence-electron chi connectivity index (χ2n) is 4.61. The van der Waals surface area contributed by atoms with Crippen LogP contribution in [0.2, 0.25) is 0 Å². The summed E-state index contributed by atoms with van der Waals surface area (Å²) in [6.07, 6.45) is -2.40. The monoisotopic (exact) mass is 243 g/mol. The molecule has 1 aromatic carbocycles. The maximum atomic E-state index is 12.3. The van der Waals surface area contributed by atoms with E-state index in [1.54, 1.807) is 19.2 Å². The van der Waals surface area contributed by atoms with Crippen LogP contribution in [0.15, 0.2) is 24.3 Å². The Labute approximate surface area is 101 Å². The zero-order valence-electron chi connectivity index (χ0n) is 10.5. The minimum absolute atomic E-state index is 0.0611. The molecule has 1 N–H and O–H groups in total. The van der Waals surface area contributed by atoms with E-state index in [2.05, 4.69) is 5.32 Å². The van der Waals surface area contributed by atoms with E-state index in [0.29, 0.717) is 13.1 Å². The Kier molecular flexibility index (Phi) is 5.02. The second-order valence-corrected chi connectivity index (χ2v) is 4.61. The third kappa shape index (κ3) is 4.79. The Hall–Kier alpha value is -1.00. The number of nitrogens with one attached hydrogen (secondary N) is 1. The maximum Gasteiger partial charge on any atom is 0.263 e. The van der Waals surface area contributed by atoms with Crippen LogP contribution in [0.1, 0.15) is 31.4 Å². The molecule has 0 bridgehead atoms. The van der Waals surface area contributed by atoms with E-state index in [1.807, 2.05) is 13.8 Å². The Balaban J connectivity index is 2.42. The van der Waals surface area contributed by atoms with Gasteiger partial charge in [-0.05, 0) is 19.4 Å². The van der Waals surface area contributed by atoms with Gasteiger partial charge < -0.3 is 10.1 Å². The smallest absolute Gasteiger partial charge is 0.263 e. The minimum atomic E-state index is -2.40. The third-order valence-corrected chi connectivity index (χ3v) is 2.66. The van der Waals surface area contributed by atoms with E-state index in [4.69, 9.17) is 4.74 Å². The molecule has 17 heavy (non-hydrogen) atoms. The summed E-state index contributed by atoms with van der Waals surface area (Å²) in [6.45, 7) is 5.33. The van der Waals surface area contributed by atoms with Gasteiger partial charge in [-0.1, -0.05) is 24.3 Å². The van der Waals surface area contributed by atoms with Crippen LogP contribution in [0.5, 0.6) is 0 Å². The van der Waals surface area contributed by atoms with E-state index in [-0.39, 0.29) is 11.2 Å². The van der Waals surface area contributed by atoms with Crippen LogP contribution in [-0.4, -0.2) is 19.3 Å². The van der Waals surface area contributed by atoms with Gasteiger partial charge in [0.25, 0.3) is 6.43 Å². The first kappa shape index (κ1) is 14.1. The molecule has 0 aliphatic carbocycles. The maximum absolute atomic E-state index is 12.3. The summed E-state index contributed by atoms with van der Waals surface area (Å²) < 4.78 is 29.9. The molecule has 4 heteroatoms. The SMILES string of the molecule is COC(C)(C)CNCc1ccc(C(F)F)cc1.